The number of hydrogen-bond acceptors (Lipinski definition) is 4. The van der Waals surface area contributed by atoms with Gasteiger partial charge < -0.3 is 20.3 Å². The molecule has 3 N–H and O–H groups in total. The van der Waals surface area contributed by atoms with Gasteiger partial charge in [0.1, 0.15) is 0 Å². The fourth-order valence-corrected chi connectivity index (χ4v) is 2.04. The molecule has 0 aromatic carbocycles. The topological polar surface area (TPSA) is 78.8 Å². The van der Waals surface area contributed by atoms with Gasteiger partial charge in [0.2, 0.25) is 0 Å². The smallest absolute Gasteiger partial charge is 0.307 e. The zero-order chi connectivity index (χ0) is 12.5. The number of carboxylic acid groups (broad SMARTS) is 1. The van der Waals surface area contributed by atoms with Gasteiger partial charge in [0.25, 0.3) is 0 Å². The summed E-state index contributed by atoms with van der Waals surface area (Å²) >= 11 is 0. The molecule has 1 aliphatic rings. The van der Waals surface area contributed by atoms with Crippen LogP contribution < -0.4 is 5.32 Å². The summed E-state index contributed by atoms with van der Waals surface area (Å²) < 4.78 is 5.66. The molecule has 5 heteroatoms. The van der Waals surface area contributed by atoms with Crippen LogP contribution in [-0.4, -0.2) is 48.6 Å². The van der Waals surface area contributed by atoms with E-state index in [-0.39, 0.29) is 18.6 Å². The third-order valence-electron chi connectivity index (χ3n) is 3.07. The zero-order valence-electron chi connectivity index (χ0n) is 10.2. The second-order valence-electron chi connectivity index (χ2n) is 4.56. The molecular formula is C12H23NO4. The molecule has 100 valence electrons. The molecule has 1 rings (SSSR count). The van der Waals surface area contributed by atoms with Crippen LogP contribution in [0.4, 0.5) is 0 Å². The summed E-state index contributed by atoms with van der Waals surface area (Å²) in [5.41, 5.74) is 0. The third-order valence-corrected chi connectivity index (χ3v) is 3.07. The van der Waals surface area contributed by atoms with Crippen molar-refractivity contribution in [3.8, 4) is 0 Å². The molecule has 0 bridgehead atoms. The Kier molecular flexibility index (Phi) is 7.16. The molecule has 0 saturated carbocycles. The van der Waals surface area contributed by atoms with Gasteiger partial charge in [-0.25, -0.2) is 0 Å². The maximum atomic E-state index is 10.8. The Morgan fingerprint density at radius 1 is 1.24 bits per heavy atom. The van der Waals surface area contributed by atoms with E-state index in [9.17, 15) is 4.79 Å². The van der Waals surface area contributed by atoms with E-state index in [0.717, 1.165) is 32.2 Å². The standard InChI is InChI=1S/C12H23NO4/c14-5-3-1-2-4-6-17-11-7-10(12(15)16)8-13-9-11/h10-11,13-14H,1-9H2,(H,15,16). The highest BCUT2D eigenvalue weighted by Gasteiger charge is 2.26. The molecule has 0 spiro atoms. The third kappa shape index (κ3) is 6.00. The molecular weight excluding hydrogens is 222 g/mol. The van der Waals surface area contributed by atoms with Crippen LogP contribution in [0.15, 0.2) is 0 Å². The molecule has 1 fully saturated rings. The second kappa shape index (κ2) is 8.44. The quantitative estimate of drug-likeness (QED) is 0.546. The highest BCUT2D eigenvalue weighted by Crippen LogP contribution is 2.14. The van der Waals surface area contributed by atoms with Crippen molar-refractivity contribution >= 4 is 5.97 Å². The summed E-state index contributed by atoms with van der Waals surface area (Å²) in [5.74, 6) is -1.06. The lowest BCUT2D eigenvalue weighted by Crippen LogP contribution is -2.43. The van der Waals surface area contributed by atoms with E-state index in [1.165, 1.54) is 0 Å². The van der Waals surface area contributed by atoms with Crippen LogP contribution in [-0.2, 0) is 9.53 Å². The van der Waals surface area contributed by atoms with Gasteiger partial charge in [-0.05, 0) is 19.3 Å². The minimum atomic E-state index is -0.742. The molecule has 17 heavy (non-hydrogen) atoms. The number of aliphatic hydroxyl groups is 1. The van der Waals surface area contributed by atoms with Crippen molar-refractivity contribution < 1.29 is 19.7 Å². The first-order chi connectivity index (χ1) is 8.24. The highest BCUT2D eigenvalue weighted by molar-refractivity contribution is 5.70. The zero-order valence-corrected chi connectivity index (χ0v) is 10.2. The van der Waals surface area contributed by atoms with Gasteiger partial charge in [0, 0.05) is 26.3 Å². The van der Waals surface area contributed by atoms with Gasteiger partial charge in [-0.3, -0.25) is 4.79 Å². The highest BCUT2D eigenvalue weighted by atomic mass is 16.5. The number of aliphatic carboxylic acids is 1. The van der Waals surface area contributed by atoms with Gasteiger partial charge in [-0.1, -0.05) is 12.8 Å². The van der Waals surface area contributed by atoms with Gasteiger partial charge in [0.15, 0.2) is 0 Å². The largest absolute Gasteiger partial charge is 0.481 e. The van der Waals surface area contributed by atoms with E-state index in [2.05, 4.69) is 5.32 Å². The van der Waals surface area contributed by atoms with Gasteiger partial charge >= 0.3 is 5.97 Å². The summed E-state index contributed by atoms with van der Waals surface area (Å²) in [6.07, 6.45) is 4.56. The van der Waals surface area contributed by atoms with Crippen molar-refractivity contribution in [2.75, 3.05) is 26.3 Å². The minimum absolute atomic E-state index is 0.0303. The first-order valence-corrected chi connectivity index (χ1v) is 6.40. The van der Waals surface area contributed by atoms with E-state index >= 15 is 0 Å². The van der Waals surface area contributed by atoms with Crippen molar-refractivity contribution in [1.82, 2.24) is 5.32 Å². The number of carbonyl (C=O) groups is 1. The summed E-state index contributed by atoms with van der Waals surface area (Å²) in [6, 6.07) is 0. The van der Waals surface area contributed by atoms with Crippen LogP contribution in [0, 0.1) is 5.92 Å². The lowest BCUT2D eigenvalue weighted by atomic mass is 9.98. The fraction of sp³-hybridized carbons (Fsp3) is 0.917. The molecule has 0 amide bonds. The summed E-state index contributed by atoms with van der Waals surface area (Å²) in [4.78, 5) is 10.8. The maximum absolute atomic E-state index is 10.8. The summed E-state index contributed by atoms with van der Waals surface area (Å²) in [6.45, 7) is 2.24. The van der Waals surface area contributed by atoms with E-state index in [4.69, 9.17) is 14.9 Å². The van der Waals surface area contributed by atoms with E-state index in [1.807, 2.05) is 0 Å². The number of ether oxygens (including phenoxy) is 1. The van der Waals surface area contributed by atoms with Crippen LogP contribution in [0.5, 0.6) is 0 Å². The summed E-state index contributed by atoms with van der Waals surface area (Å²) in [5, 5.41) is 20.6. The van der Waals surface area contributed by atoms with Crippen molar-refractivity contribution in [1.29, 1.82) is 0 Å². The van der Waals surface area contributed by atoms with Gasteiger partial charge in [-0.15, -0.1) is 0 Å². The monoisotopic (exact) mass is 245 g/mol. The lowest BCUT2D eigenvalue weighted by Gasteiger charge is -2.27. The first-order valence-electron chi connectivity index (χ1n) is 6.40. The number of piperidine rings is 1. The van der Waals surface area contributed by atoms with Gasteiger partial charge in [0.05, 0.1) is 12.0 Å². The predicted octanol–water partition coefficient (Wildman–Crippen LogP) is 0.618. The number of rotatable bonds is 8. The molecule has 1 aliphatic heterocycles. The number of hydrogen-bond donors (Lipinski definition) is 3. The Balaban J connectivity index is 2.04. The SMILES string of the molecule is O=C(O)C1CNCC(OCCCCCCO)C1. The van der Waals surface area contributed by atoms with E-state index in [0.29, 0.717) is 19.6 Å². The molecule has 1 heterocycles. The average molecular weight is 245 g/mol. The van der Waals surface area contributed by atoms with Gasteiger partial charge in [-0.2, -0.15) is 0 Å². The van der Waals surface area contributed by atoms with E-state index < -0.39 is 5.97 Å². The van der Waals surface area contributed by atoms with Crippen LogP contribution in [0.25, 0.3) is 0 Å². The second-order valence-corrected chi connectivity index (χ2v) is 4.56. The molecule has 2 unspecified atom stereocenters. The van der Waals surface area contributed by atoms with Crippen molar-refractivity contribution in [2.45, 2.75) is 38.2 Å². The number of aliphatic hydroxyl groups excluding tert-OH is 1. The van der Waals surface area contributed by atoms with Crippen molar-refractivity contribution in [2.24, 2.45) is 5.92 Å². The Morgan fingerprint density at radius 3 is 2.71 bits per heavy atom. The number of unbranched alkanes of at least 4 members (excludes halogenated alkanes) is 3. The predicted molar refractivity (Wildman–Crippen MR) is 63.9 cm³/mol. The van der Waals surface area contributed by atoms with Crippen LogP contribution >= 0.6 is 0 Å². The Morgan fingerprint density at radius 2 is 2.00 bits per heavy atom. The Hall–Kier alpha value is -0.650. The van der Waals surface area contributed by atoms with Crippen molar-refractivity contribution in [3.05, 3.63) is 0 Å². The lowest BCUT2D eigenvalue weighted by molar-refractivity contribution is -0.144. The maximum Gasteiger partial charge on any atom is 0.307 e. The van der Waals surface area contributed by atoms with E-state index in [1.54, 1.807) is 0 Å². The molecule has 0 aromatic heterocycles. The number of nitrogens with one attached hydrogen (secondary N) is 1. The van der Waals surface area contributed by atoms with Crippen LogP contribution in [0.3, 0.4) is 0 Å². The van der Waals surface area contributed by atoms with Crippen LogP contribution in [0.2, 0.25) is 0 Å². The summed E-state index contributed by atoms with van der Waals surface area (Å²) in [7, 11) is 0. The Labute approximate surface area is 102 Å². The molecule has 1 saturated heterocycles. The molecule has 0 aliphatic carbocycles. The normalized spacial score (nSPS) is 24.8. The molecule has 2 atom stereocenters. The fourth-order valence-electron chi connectivity index (χ4n) is 2.04. The van der Waals surface area contributed by atoms with Crippen molar-refractivity contribution in [3.63, 3.8) is 0 Å². The average Bonchev–Trinajstić information content (AvgIpc) is 2.34. The Bertz CT molecular complexity index is 223. The van der Waals surface area contributed by atoms with Crippen LogP contribution in [0.1, 0.15) is 32.1 Å². The molecule has 0 aromatic rings. The first kappa shape index (κ1) is 14.4. The molecule has 0 radical (unpaired) electrons. The number of carboxylic acids is 1. The minimum Gasteiger partial charge on any atom is -0.481 e. The molecule has 5 nitrogen and oxygen atoms in total.